The molecule has 11 nitrogen and oxygen atoms in total. The molecule has 1 saturated heterocycles. The molecule has 0 spiro atoms. The Labute approximate surface area is 269 Å². The van der Waals surface area contributed by atoms with Crippen molar-refractivity contribution in [1.82, 2.24) is 15.1 Å². The number of piperidine rings is 1. The van der Waals surface area contributed by atoms with Gasteiger partial charge in [0.25, 0.3) is 0 Å². The predicted octanol–water partition coefficient (Wildman–Crippen LogP) is 6.21. The summed E-state index contributed by atoms with van der Waals surface area (Å²) in [5.41, 5.74) is 2.75. The van der Waals surface area contributed by atoms with E-state index in [2.05, 4.69) is 36.7 Å². The van der Waals surface area contributed by atoms with Crippen molar-refractivity contribution in [2.45, 2.75) is 76.7 Å². The SMILES string of the molecule is Cc1ccc(-n2nc(C(C)(C)C)cc2NC(=O)Nc2cccc(CC3(OS(=O)(=O)c4c(C)oc(C)c4C=O)CCNCC3)c2)cc1. The van der Waals surface area contributed by atoms with E-state index in [0.717, 1.165) is 22.5 Å². The predicted molar refractivity (Wildman–Crippen MR) is 176 cm³/mol. The first-order valence-corrected chi connectivity index (χ1v) is 16.7. The molecule has 0 bridgehead atoms. The number of benzene rings is 2. The van der Waals surface area contributed by atoms with E-state index in [1.54, 1.807) is 29.8 Å². The fraction of sp³-hybridized carbons (Fsp3) is 0.382. The molecule has 2 aromatic carbocycles. The van der Waals surface area contributed by atoms with Crippen LogP contribution in [0.3, 0.4) is 0 Å². The first kappa shape index (κ1) is 33.1. The topological polar surface area (TPSA) is 145 Å². The summed E-state index contributed by atoms with van der Waals surface area (Å²) in [6.45, 7) is 12.4. The fourth-order valence-electron chi connectivity index (χ4n) is 5.70. The molecule has 3 heterocycles. The van der Waals surface area contributed by atoms with Crippen LogP contribution in [0.15, 0.2) is 63.9 Å². The zero-order valence-corrected chi connectivity index (χ0v) is 27.9. The van der Waals surface area contributed by atoms with Gasteiger partial charge in [-0.3, -0.25) is 14.3 Å². The minimum Gasteiger partial charge on any atom is -0.464 e. The van der Waals surface area contributed by atoms with Crippen LogP contribution < -0.4 is 16.0 Å². The highest BCUT2D eigenvalue weighted by molar-refractivity contribution is 7.87. The number of aldehydes is 1. The van der Waals surface area contributed by atoms with Gasteiger partial charge in [-0.1, -0.05) is 50.6 Å². The Bertz CT molecular complexity index is 1850. The van der Waals surface area contributed by atoms with Gasteiger partial charge >= 0.3 is 16.1 Å². The summed E-state index contributed by atoms with van der Waals surface area (Å²) in [5, 5.41) is 13.9. The van der Waals surface area contributed by atoms with E-state index in [9.17, 15) is 18.0 Å². The van der Waals surface area contributed by atoms with Crippen molar-refractivity contribution in [2.24, 2.45) is 0 Å². The van der Waals surface area contributed by atoms with Gasteiger partial charge in [0.05, 0.1) is 22.5 Å². The molecule has 46 heavy (non-hydrogen) atoms. The monoisotopic (exact) mass is 647 g/mol. The van der Waals surface area contributed by atoms with E-state index in [4.69, 9.17) is 13.7 Å². The summed E-state index contributed by atoms with van der Waals surface area (Å²) >= 11 is 0. The van der Waals surface area contributed by atoms with E-state index in [-0.39, 0.29) is 33.8 Å². The lowest BCUT2D eigenvalue weighted by molar-refractivity contribution is 0.0439. The summed E-state index contributed by atoms with van der Waals surface area (Å²) in [4.78, 5) is 24.8. The van der Waals surface area contributed by atoms with Crippen LogP contribution in [0.25, 0.3) is 5.69 Å². The van der Waals surface area contributed by atoms with Crippen LogP contribution in [0, 0.1) is 20.8 Å². The number of rotatable bonds is 9. The van der Waals surface area contributed by atoms with Crippen LogP contribution in [-0.2, 0) is 26.1 Å². The average molecular weight is 648 g/mol. The number of aryl methyl sites for hydroxylation is 3. The van der Waals surface area contributed by atoms with Gasteiger partial charge in [0.2, 0.25) is 0 Å². The van der Waals surface area contributed by atoms with E-state index < -0.39 is 21.8 Å². The van der Waals surface area contributed by atoms with Crippen LogP contribution >= 0.6 is 0 Å². The third-order valence-electron chi connectivity index (χ3n) is 8.13. The van der Waals surface area contributed by atoms with E-state index in [1.807, 2.05) is 43.3 Å². The Balaban J connectivity index is 1.36. The third kappa shape index (κ3) is 7.24. The Morgan fingerprint density at radius 1 is 1.04 bits per heavy atom. The van der Waals surface area contributed by atoms with Crippen LogP contribution in [0.4, 0.5) is 16.3 Å². The van der Waals surface area contributed by atoms with Crippen LogP contribution in [0.2, 0.25) is 0 Å². The molecule has 5 rings (SSSR count). The Kier molecular flexibility index (Phi) is 9.26. The third-order valence-corrected chi connectivity index (χ3v) is 9.71. The molecule has 2 aromatic heterocycles. The lowest BCUT2D eigenvalue weighted by atomic mass is 9.86. The average Bonchev–Trinajstić information content (AvgIpc) is 3.53. The maximum atomic E-state index is 13.6. The van der Waals surface area contributed by atoms with Gasteiger partial charge in [-0.15, -0.1) is 0 Å². The molecule has 12 heteroatoms. The number of hydrogen-bond donors (Lipinski definition) is 3. The summed E-state index contributed by atoms with van der Waals surface area (Å²) in [6, 6.07) is 16.6. The molecule has 0 aliphatic carbocycles. The van der Waals surface area contributed by atoms with E-state index >= 15 is 0 Å². The van der Waals surface area contributed by atoms with Gasteiger partial charge in [0.1, 0.15) is 22.2 Å². The zero-order chi connectivity index (χ0) is 33.3. The van der Waals surface area contributed by atoms with Crippen LogP contribution in [0.5, 0.6) is 0 Å². The first-order chi connectivity index (χ1) is 21.7. The number of carbonyl (C=O) groups is 2. The number of hydrogen-bond acceptors (Lipinski definition) is 8. The van der Waals surface area contributed by atoms with Gasteiger partial charge in [-0.25, -0.2) is 9.48 Å². The highest BCUT2D eigenvalue weighted by Crippen LogP contribution is 2.35. The minimum atomic E-state index is -4.33. The van der Waals surface area contributed by atoms with Crippen molar-refractivity contribution in [3.63, 3.8) is 0 Å². The molecule has 3 N–H and O–H groups in total. The number of carbonyl (C=O) groups excluding carboxylic acids is 2. The minimum absolute atomic E-state index is 0.0304. The molecular formula is C34H41N5O6S. The molecule has 0 atom stereocenters. The zero-order valence-electron chi connectivity index (χ0n) is 27.1. The van der Waals surface area contributed by atoms with Crippen molar-refractivity contribution < 1.29 is 26.6 Å². The Morgan fingerprint density at radius 3 is 2.39 bits per heavy atom. The second-order valence-corrected chi connectivity index (χ2v) is 14.4. The maximum Gasteiger partial charge on any atom is 0.324 e. The van der Waals surface area contributed by atoms with Gasteiger partial charge in [-0.05, 0) is 76.5 Å². The summed E-state index contributed by atoms with van der Waals surface area (Å²) < 4.78 is 40.3. The molecular weight excluding hydrogens is 606 g/mol. The van der Waals surface area contributed by atoms with Crippen molar-refractivity contribution in [3.05, 3.63) is 88.5 Å². The number of nitrogens with zero attached hydrogens (tertiary/aromatic N) is 2. The largest absolute Gasteiger partial charge is 0.464 e. The van der Waals surface area contributed by atoms with Crippen LogP contribution in [-0.4, -0.2) is 49.2 Å². The fourth-order valence-corrected chi connectivity index (χ4v) is 7.33. The lowest BCUT2D eigenvalue weighted by Crippen LogP contribution is -2.47. The standard InChI is InChI=1S/C34H41N5O6S/c1-22-10-12-27(13-11-22)39-30(19-29(38-39)33(4,5)6)37-32(41)36-26-9-7-8-25(18-26)20-34(14-16-35-17-15-34)45-46(42,43)31-24(3)44-23(2)28(31)21-40/h7-13,18-19,21,35H,14-17,20H2,1-6H3,(H2,36,37,41). The lowest BCUT2D eigenvalue weighted by Gasteiger charge is -2.37. The number of anilines is 2. The van der Waals surface area contributed by atoms with Crippen molar-refractivity contribution in [3.8, 4) is 5.69 Å². The molecule has 1 fully saturated rings. The first-order valence-electron chi connectivity index (χ1n) is 15.3. The summed E-state index contributed by atoms with van der Waals surface area (Å²) in [6.07, 6.45) is 1.60. The van der Waals surface area contributed by atoms with E-state index in [1.165, 1.54) is 6.92 Å². The number of amides is 2. The second-order valence-electron chi connectivity index (χ2n) is 12.9. The quantitative estimate of drug-likeness (QED) is 0.144. The van der Waals surface area contributed by atoms with Gasteiger partial charge < -0.3 is 15.1 Å². The summed E-state index contributed by atoms with van der Waals surface area (Å²) in [7, 11) is -4.33. The van der Waals surface area contributed by atoms with Gasteiger partial charge in [0, 0.05) is 23.6 Å². The number of nitrogens with one attached hydrogen (secondary N) is 3. The maximum absolute atomic E-state index is 13.6. The molecule has 4 aromatic rings. The number of urea groups is 1. The molecule has 0 unspecified atom stereocenters. The second kappa shape index (κ2) is 12.9. The summed E-state index contributed by atoms with van der Waals surface area (Å²) in [5.74, 6) is 0.857. The molecule has 1 aliphatic heterocycles. The van der Waals surface area contributed by atoms with Crippen LogP contribution in [0.1, 0.15) is 72.3 Å². The molecule has 0 radical (unpaired) electrons. The highest BCUT2D eigenvalue weighted by atomic mass is 32.2. The molecule has 244 valence electrons. The van der Waals surface area contributed by atoms with E-state index in [0.29, 0.717) is 43.7 Å². The van der Waals surface area contributed by atoms with Crippen molar-refractivity contribution >= 4 is 33.9 Å². The smallest absolute Gasteiger partial charge is 0.324 e. The highest BCUT2D eigenvalue weighted by Gasteiger charge is 2.41. The number of furan rings is 1. The Morgan fingerprint density at radius 2 is 1.74 bits per heavy atom. The normalized spacial score (nSPS) is 15.0. The number of aromatic nitrogens is 2. The van der Waals surface area contributed by atoms with Crippen molar-refractivity contribution in [1.29, 1.82) is 0 Å². The Hall–Kier alpha value is -4.26. The molecule has 1 aliphatic rings. The van der Waals surface area contributed by atoms with Gasteiger partial charge in [-0.2, -0.15) is 13.5 Å². The molecule has 2 amide bonds. The van der Waals surface area contributed by atoms with Gasteiger partial charge in [0.15, 0.2) is 6.29 Å². The van der Waals surface area contributed by atoms with Crippen molar-refractivity contribution in [2.75, 3.05) is 23.7 Å². The molecule has 0 saturated carbocycles.